The molecule has 60 heavy (non-hydrogen) atoms. The predicted octanol–water partition coefficient (Wildman–Crippen LogP) is 19.3. The van der Waals surface area contributed by atoms with E-state index in [0.717, 1.165) is 56.9 Å². The van der Waals surface area contributed by atoms with Crippen molar-refractivity contribution in [3.8, 4) is 0 Å². The van der Waals surface area contributed by atoms with Crippen LogP contribution in [-0.4, -0.2) is 10.7 Å². The zero-order valence-electron chi connectivity index (χ0n) is 40.6. The van der Waals surface area contributed by atoms with Crippen LogP contribution in [0.3, 0.4) is 0 Å². The zero-order valence-corrected chi connectivity index (χ0v) is 41.6. The quantitative estimate of drug-likeness (QED) is 0.0124. The first-order valence-electron chi connectivity index (χ1n) is 25.5. The van der Waals surface area contributed by atoms with Gasteiger partial charge in [-0.05, 0) is 84.8 Å². The summed E-state index contributed by atoms with van der Waals surface area (Å²) in [5.41, 5.74) is 18.7. The van der Waals surface area contributed by atoms with Crippen LogP contribution >= 0.6 is 0 Å². The van der Waals surface area contributed by atoms with Crippen LogP contribution in [0.1, 0.15) is 263 Å². The summed E-state index contributed by atoms with van der Waals surface area (Å²) in [5, 5.41) is 0. The minimum Gasteiger partial charge on any atom is -0.348 e. The van der Waals surface area contributed by atoms with E-state index in [4.69, 9.17) is 0 Å². The molecule has 3 heteroatoms. The van der Waals surface area contributed by atoms with Gasteiger partial charge in [-0.25, -0.2) is 0 Å². The fraction of sp³-hybridized carbons (Fsp3) is 0.684. The average Bonchev–Trinajstić information content (AvgIpc) is 3.28. The normalized spacial score (nSPS) is 10.9. The van der Waals surface area contributed by atoms with Gasteiger partial charge in [0, 0.05) is 0 Å². The summed E-state index contributed by atoms with van der Waals surface area (Å²) in [6.07, 6.45) is 43.9. The Labute approximate surface area is 385 Å². The molecular weight excluding hydrogens is 771 g/mol. The first-order valence-corrected chi connectivity index (χ1v) is 25.5. The molecule has 2 aromatic carbocycles. The van der Waals surface area contributed by atoms with E-state index in [1.807, 2.05) is 0 Å². The molecule has 0 aliphatic rings. The van der Waals surface area contributed by atoms with Crippen molar-refractivity contribution in [2.24, 2.45) is 0 Å². The first kappa shape index (κ1) is 59.9. The Morgan fingerprint density at radius 3 is 1.28 bits per heavy atom. The fourth-order valence-corrected chi connectivity index (χ4v) is 8.20. The summed E-state index contributed by atoms with van der Waals surface area (Å²) in [5.74, 6) is 3.03. The van der Waals surface area contributed by atoms with Gasteiger partial charge < -0.3 is 19.4 Å². The molecule has 0 heterocycles. The summed E-state index contributed by atoms with van der Waals surface area (Å²) in [4.78, 5) is 3.44. The Hall–Kier alpha value is -2.17. The second kappa shape index (κ2) is 46.3. The summed E-state index contributed by atoms with van der Waals surface area (Å²) in [7, 11) is 0. The topological polar surface area (TPSA) is 36.4 Å². The van der Waals surface area contributed by atoms with Crippen molar-refractivity contribution in [3.05, 3.63) is 101 Å². The van der Waals surface area contributed by atoms with Crippen LogP contribution in [0, 0.1) is 13.8 Å². The SMILES string of the molecule is CCCCCCCCCCCCCCCCCCCCCCCCCc1ccc(C(=C(CCCC)C(=C=[N+]=[N-])CCCC)c2cccc(CCCC)c2)cc1.[CH2-]C.[CH2-]C.[Ni+2]. The average molecular weight is 868 g/mol. The third kappa shape index (κ3) is 30.8. The van der Waals surface area contributed by atoms with Crippen LogP contribution in [-0.2, 0) is 29.3 Å². The van der Waals surface area contributed by atoms with E-state index < -0.39 is 0 Å². The molecule has 2 aromatic rings. The second-order valence-electron chi connectivity index (χ2n) is 16.8. The first-order chi connectivity index (χ1) is 29.2. The Morgan fingerprint density at radius 2 is 0.850 bits per heavy atom. The smallest absolute Gasteiger partial charge is 0.348 e. The van der Waals surface area contributed by atoms with Crippen molar-refractivity contribution < 1.29 is 21.3 Å². The van der Waals surface area contributed by atoms with Gasteiger partial charge in [-0.1, -0.05) is 237 Å². The maximum atomic E-state index is 9.65. The van der Waals surface area contributed by atoms with Gasteiger partial charge in [0.1, 0.15) is 0 Å². The van der Waals surface area contributed by atoms with E-state index in [1.165, 1.54) is 194 Å². The molecule has 0 saturated carbocycles. The Kier molecular flexibility index (Phi) is 46.3. The largest absolute Gasteiger partial charge is 2.00 e. The zero-order chi connectivity index (χ0) is 43.4. The Balaban J connectivity index is 0. The number of hydrogen-bond acceptors (Lipinski definition) is 0. The van der Waals surface area contributed by atoms with E-state index in [0.29, 0.717) is 0 Å². The molecular formula is C57H96N2Ni. The molecule has 0 spiro atoms. The number of unbranched alkanes of at least 4 members (excludes halogenated alkanes) is 25. The molecule has 0 aliphatic heterocycles. The molecule has 0 fully saturated rings. The standard InChI is InChI=1S/C53H86N2.2C2H5.Ni/c1-5-9-13-14-15-16-17-18-19-20-21-22-23-24-25-26-27-28-29-30-31-32-33-36-47-41-43-49(44-42-47)53(50-39-34-37-48(45-50)35-10-6-2)52(40-12-8-4)51(46-55-54)38-11-7-3;2*1-2;/h34,37,39,41-45H,5-33,35-36,38,40H2,1-4H3;2*1H2,2H3;/q;2*-1;+2. The molecule has 0 N–H and O–H groups in total. The van der Waals surface area contributed by atoms with Crippen LogP contribution in [0.15, 0.2) is 59.7 Å². The van der Waals surface area contributed by atoms with Gasteiger partial charge >= 0.3 is 22.4 Å². The van der Waals surface area contributed by atoms with Crippen LogP contribution in [0.4, 0.5) is 0 Å². The van der Waals surface area contributed by atoms with E-state index in [9.17, 15) is 5.53 Å². The van der Waals surface area contributed by atoms with Crippen LogP contribution in [0.25, 0.3) is 11.1 Å². The van der Waals surface area contributed by atoms with Gasteiger partial charge in [-0.2, -0.15) is 13.8 Å². The van der Waals surface area contributed by atoms with Crippen molar-refractivity contribution in [2.45, 2.75) is 253 Å². The third-order valence-electron chi connectivity index (χ3n) is 11.8. The van der Waals surface area contributed by atoms with Crippen LogP contribution in [0.5, 0.6) is 0 Å². The van der Waals surface area contributed by atoms with Gasteiger partial charge in [0.25, 0.3) is 0 Å². The molecule has 2 rings (SSSR count). The predicted molar refractivity (Wildman–Crippen MR) is 266 cm³/mol. The Bertz CT molecular complexity index is 1330. The summed E-state index contributed by atoms with van der Waals surface area (Å²) < 4.78 is 0. The molecule has 344 valence electrons. The summed E-state index contributed by atoms with van der Waals surface area (Å²) in [6.45, 7) is 19.1. The number of hydrogen-bond donors (Lipinski definition) is 0. The summed E-state index contributed by atoms with van der Waals surface area (Å²) in [6, 6.07) is 18.6. The number of rotatable bonds is 36. The number of aryl methyl sites for hydroxylation is 2. The number of benzene rings is 2. The van der Waals surface area contributed by atoms with E-state index in [1.54, 1.807) is 13.8 Å². The van der Waals surface area contributed by atoms with Crippen LogP contribution in [0.2, 0.25) is 0 Å². The molecule has 0 amide bonds. The molecule has 0 unspecified atom stereocenters. The van der Waals surface area contributed by atoms with Crippen LogP contribution < -0.4 is 0 Å². The van der Waals surface area contributed by atoms with E-state index >= 15 is 0 Å². The minimum absolute atomic E-state index is 0. The molecule has 0 aromatic heterocycles. The minimum atomic E-state index is 0. The second-order valence-corrected chi connectivity index (χ2v) is 16.8. The Morgan fingerprint density at radius 1 is 0.450 bits per heavy atom. The van der Waals surface area contributed by atoms with Gasteiger partial charge in [0.05, 0.1) is 5.57 Å². The molecule has 0 saturated heterocycles. The summed E-state index contributed by atoms with van der Waals surface area (Å²) >= 11 is 0. The van der Waals surface area contributed by atoms with Gasteiger partial charge in [-0.15, -0.1) is 4.79 Å². The van der Waals surface area contributed by atoms with Crippen molar-refractivity contribution in [3.63, 3.8) is 0 Å². The number of nitrogens with zero attached hydrogens (tertiary/aromatic N) is 2. The molecule has 2 nitrogen and oxygen atoms in total. The van der Waals surface area contributed by atoms with Crippen molar-refractivity contribution in [1.82, 2.24) is 0 Å². The number of allylic oxidation sites excluding steroid dienone is 2. The van der Waals surface area contributed by atoms with E-state index in [2.05, 4.69) is 101 Å². The molecule has 0 bridgehead atoms. The van der Waals surface area contributed by atoms with Crippen molar-refractivity contribution in [2.75, 3.05) is 0 Å². The molecule has 0 atom stereocenters. The molecule has 0 radical (unpaired) electrons. The van der Waals surface area contributed by atoms with Gasteiger partial charge in [0.2, 0.25) is 0 Å². The molecule has 0 aliphatic carbocycles. The van der Waals surface area contributed by atoms with Gasteiger partial charge in [-0.3, -0.25) is 0 Å². The maximum absolute atomic E-state index is 9.65. The monoisotopic (exact) mass is 867 g/mol. The fourth-order valence-electron chi connectivity index (χ4n) is 8.20. The third-order valence-corrected chi connectivity index (χ3v) is 11.8. The van der Waals surface area contributed by atoms with Crippen molar-refractivity contribution >= 4 is 11.4 Å². The van der Waals surface area contributed by atoms with E-state index in [-0.39, 0.29) is 16.5 Å². The van der Waals surface area contributed by atoms with Gasteiger partial charge in [0.15, 0.2) is 0 Å². The van der Waals surface area contributed by atoms with Crippen molar-refractivity contribution in [1.29, 1.82) is 0 Å². The maximum Gasteiger partial charge on any atom is 2.00 e.